The Hall–Kier alpha value is -2.55. The number of benzene rings is 1. The molecule has 1 aliphatic rings. The first kappa shape index (κ1) is 20.8. The third-order valence-corrected chi connectivity index (χ3v) is 4.65. The van der Waals surface area contributed by atoms with E-state index in [4.69, 9.17) is 9.47 Å². The molecule has 0 radical (unpaired) electrons. The van der Waals surface area contributed by atoms with Crippen LogP contribution >= 0.6 is 11.8 Å². The van der Waals surface area contributed by atoms with E-state index in [2.05, 4.69) is 10.6 Å². The van der Waals surface area contributed by atoms with Crippen LogP contribution in [-0.4, -0.2) is 43.0 Å². The first-order chi connectivity index (χ1) is 12.9. The number of ether oxygens (including phenoxy) is 2. The van der Waals surface area contributed by atoms with Crippen LogP contribution in [0.15, 0.2) is 40.4 Å². The molecule has 9 heteroatoms. The molecule has 0 saturated heterocycles. The van der Waals surface area contributed by atoms with E-state index in [9.17, 15) is 18.8 Å². The highest BCUT2D eigenvalue weighted by Gasteiger charge is 2.30. The van der Waals surface area contributed by atoms with Crippen LogP contribution in [0.2, 0.25) is 0 Å². The van der Waals surface area contributed by atoms with Gasteiger partial charge in [0.1, 0.15) is 12.4 Å². The predicted octanol–water partition coefficient (Wildman–Crippen LogP) is 2.37. The van der Waals surface area contributed by atoms with E-state index in [0.717, 1.165) is 4.90 Å². The Balaban J connectivity index is 1.88. The van der Waals surface area contributed by atoms with Crippen molar-refractivity contribution in [2.24, 2.45) is 0 Å². The topological polar surface area (TPSA) is 93.7 Å². The summed E-state index contributed by atoms with van der Waals surface area (Å²) in [5.74, 6) is -0.905. The van der Waals surface area contributed by atoms with Gasteiger partial charge in [-0.1, -0.05) is 0 Å². The third kappa shape index (κ3) is 6.28. The lowest BCUT2D eigenvalue weighted by Crippen LogP contribution is -2.50. The predicted molar refractivity (Wildman–Crippen MR) is 97.5 cm³/mol. The number of amides is 2. The first-order valence-electron chi connectivity index (χ1n) is 8.42. The van der Waals surface area contributed by atoms with E-state index >= 15 is 0 Å². The van der Waals surface area contributed by atoms with Crippen LogP contribution in [0, 0.1) is 5.82 Å². The zero-order chi connectivity index (χ0) is 19.8. The Kier molecular flexibility index (Phi) is 7.66. The summed E-state index contributed by atoms with van der Waals surface area (Å²) < 4.78 is 23.0. The number of nitrogens with one attached hydrogen (secondary N) is 2. The van der Waals surface area contributed by atoms with Crippen LogP contribution in [0.25, 0.3) is 0 Å². The lowest BCUT2D eigenvalue weighted by Gasteiger charge is -2.26. The van der Waals surface area contributed by atoms with E-state index in [0.29, 0.717) is 5.75 Å². The molecule has 2 N–H and O–H groups in total. The summed E-state index contributed by atoms with van der Waals surface area (Å²) in [6.07, 6.45) is 0.131. The summed E-state index contributed by atoms with van der Waals surface area (Å²) in [6, 6.07) is 4.94. The van der Waals surface area contributed by atoms with Crippen molar-refractivity contribution in [1.82, 2.24) is 10.6 Å². The van der Waals surface area contributed by atoms with Gasteiger partial charge >= 0.3 is 18.0 Å². The highest BCUT2D eigenvalue weighted by atomic mass is 32.2. The van der Waals surface area contributed by atoms with Crippen molar-refractivity contribution in [3.63, 3.8) is 0 Å². The van der Waals surface area contributed by atoms with E-state index in [1.54, 1.807) is 26.0 Å². The van der Waals surface area contributed by atoms with Gasteiger partial charge < -0.3 is 20.1 Å². The number of esters is 2. The Morgan fingerprint density at radius 2 is 1.93 bits per heavy atom. The fourth-order valence-corrected chi connectivity index (χ4v) is 3.23. The third-order valence-electron chi connectivity index (χ3n) is 3.63. The summed E-state index contributed by atoms with van der Waals surface area (Å²) in [5, 5.41) is 5.05. The normalized spacial score (nSPS) is 16.4. The molecule has 1 aliphatic heterocycles. The zero-order valence-electron chi connectivity index (χ0n) is 15.0. The molecule has 7 nitrogen and oxygen atoms in total. The molecule has 1 aromatic carbocycles. The Morgan fingerprint density at radius 3 is 2.59 bits per heavy atom. The minimum Gasteiger partial charge on any atom is -0.463 e. The van der Waals surface area contributed by atoms with Crippen molar-refractivity contribution < 1.29 is 28.2 Å². The molecule has 2 amide bonds. The van der Waals surface area contributed by atoms with Crippen molar-refractivity contribution in [2.75, 3.05) is 19.0 Å². The van der Waals surface area contributed by atoms with Gasteiger partial charge in [0.25, 0.3) is 0 Å². The molecule has 2 rings (SSSR count). The lowest BCUT2D eigenvalue weighted by molar-refractivity contribution is -0.143. The van der Waals surface area contributed by atoms with E-state index in [-0.39, 0.29) is 36.7 Å². The van der Waals surface area contributed by atoms with Crippen LogP contribution in [-0.2, 0) is 19.1 Å². The monoisotopic (exact) mass is 396 g/mol. The molecule has 0 spiro atoms. The van der Waals surface area contributed by atoms with Gasteiger partial charge in [-0.3, -0.25) is 4.79 Å². The second-order valence-corrected chi connectivity index (χ2v) is 6.81. The average molecular weight is 396 g/mol. The summed E-state index contributed by atoms with van der Waals surface area (Å²) in [6.45, 7) is 3.28. The molecule has 0 aliphatic carbocycles. The maximum Gasteiger partial charge on any atom is 0.338 e. The summed E-state index contributed by atoms with van der Waals surface area (Å²) in [5.41, 5.74) is 0.439. The maximum absolute atomic E-state index is 12.9. The van der Waals surface area contributed by atoms with Gasteiger partial charge in [0.2, 0.25) is 0 Å². The molecule has 1 heterocycles. The van der Waals surface area contributed by atoms with Crippen molar-refractivity contribution in [3.05, 3.63) is 41.4 Å². The molecule has 1 atom stereocenters. The van der Waals surface area contributed by atoms with Gasteiger partial charge in [-0.2, -0.15) is 0 Å². The number of hydrogen-bond donors (Lipinski definition) is 2. The number of hydrogen-bond acceptors (Lipinski definition) is 6. The quantitative estimate of drug-likeness (QED) is 0.518. The van der Waals surface area contributed by atoms with Gasteiger partial charge in [0, 0.05) is 10.6 Å². The zero-order valence-corrected chi connectivity index (χ0v) is 15.9. The largest absolute Gasteiger partial charge is 0.463 e. The van der Waals surface area contributed by atoms with Gasteiger partial charge in [-0.25, -0.2) is 14.0 Å². The minimum atomic E-state index is -0.574. The van der Waals surface area contributed by atoms with E-state index in [1.165, 1.54) is 23.9 Å². The maximum atomic E-state index is 12.9. The summed E-state index contributed by atoms with van der Waals surface area (Å²) in [4.78, 5) is 36.5. The molecular formula is C18H21FN2O5S. The summed E-state index contributed by atoms with van der Waals surface area (Å²) >= 11 is 1.40. The molecule has 27 heavy (non-hydrogen) atoms. The number of thioether (sulfide) groups is 1. The highest BCUT2D eigenvalue weighted by molar-refractivity contribution is 7.99. The first-order valence-corrected chi connectivity index (χ1v) is 9.41. The van der Waals surface area contributed by atoms with Crippen molar-refractivity contribution in [1.29, 1.82) is 0 Å². The number of urea groups is 1. The number of halogens is 1. The van der Waals surface area contributed by atoms with Crippen molar-refractivity contribution in [2.45, 2.75) is 31.2 Å². The van der Waals surface area contributed by atoms with Crippen molar-refractivity contribution in [3.8, 4) is 0 Å². The molecule has 1 aromatic rings. The second kappa shape index (κ2) is 9.96. The highest BCUT2D eigenvalue weighted by Crippen LogP contribution is 2.19. The molecule has 146 valence electrons. The summed E-state index contributed by atoms with van der Waals surface area (Å²) in [7, 11) is 0. The Bertz CT molecular complexity index is 736. The second-order valence-electron chi connectivity index (χ2n) is 5.65. The van der Waals surface area contributed by atoms with Crippen molar-refractivity contribution >= 4 is 29.7 Å². The van der Waals surface area contributed by atoms with Crippen LogP contribution in [0.4, 0.5) is 9.18 Å². The fourth-order valence-electron chi connectivity index (χ4n) is 2.40. The molecule has 0 fully saturated rings. The number of rotatable bonds is 8. The SMILES string of the molecule is CCOC(=O)C1=C(COC(=O)CCSc2ccc(F)cc2)NC(=O)N[C@@H]1C. The van der Waals surface area contributed by atoms with Crippen LogP contribution < -0.4 is 10.6 Å². The molecule has 0 aromatic heterocycles. The Morgan fingerprint density at radius 1 is 1.22 bits per heavy atom. The average Bonchev–Trinajstić information content (AvgIpc) is 2.61. The fraction of sp³-hybridized carbons (Fsp3) is 0.389. The Labute approximate surface area is 160 Å². The molecule has 0 saturated carbocycles. The van der Waals surface area contributed by atoms with Gasteiger partial charge in [-0.05, 0) is 38.1 Å². The van der Waals surface area contributed by atoms with Gasteiger partial charge in [0.15, 0.2) is 0 Å². The van der Waals surface area contributed by atoms with E-state index < -0.39 is 24.0 Å². The lowest BCUT2D eigenvalue weighted by atomic mass is 10.0. The van der Waals surface area contributed by atoms with Gasteiger partial charge in [0.05, 0.1) is 30.3 Å². The number of carbonyl (C=O) groups is 3. The number of carbonyl (C=O) groups excluding carboxylic acids is 3. The molecular weight excluding hydrogens is 375 g/mol. The van der Waals surface area contributed by atoms with Crippen LogP contribution in [0.1, 0.15) is 20.3 Å². The standard InChI is InChI=1S/C18H21FN2O5S/c1-3-25-17(23)16-11(2)20-18(24)21-14(16)10-26-15(22)8-9-27-13-6-4-12(19)5-7-13/h4-7,11H,3,8-10H2,1-2H3,(H2,20,21,24)/t11-/m1/s1. The smallest absolute Gasteiger partial charge is 0.338 e. The molecule has 0 bridgehead atoms. The van der Waals surface area contributed by atoms with E-state index in [1.807, 2.05) is 0 Å². The minimum absolute atomic E-state index is 0.131. The van der Waals surface area contributed by atoms with Crippen LogP contribution in [0.3, 0.4) is 0 Å². The van der Waals surface area contributed by atoms with Gasteiger partial charge in [-0.15, -0.1) is 11.8 Å². The molecule has 0 unspecified atom stereocenters. The van der Waals surface area contributed by atoms with Crippen LogP contribution in [0.5, 0.6) is 0 Å².